The SMILES string of the molecule is O=C(Nc1ccccc1)Oc1ccc(Cl)c(C(F)(F)F)c1. The zero-order chi connectivity index (χ0) is 15.5. The van der Waals surface area contributed by atoms with E-state index < -0.39 is 22.9 Å². The van der Waals surface area contributed by atoms with E-state index in [1.165, 1.54) is 6.07 Å². The van der Waals surface area contributed by atoms with Crippen LogP contribution >= 0.6 is 11.6 Å². The Kier molecular flexibility index (Phi) is 4.37. The molecule has 2 rings (SSSR count). The maximum atomic E-state index is 12.7. The van der Waals surface area contributed by atoms with Crippen LogP contribution in [0.25, 0.3) is 0 Å². The summed E-state index contributed by atoms with van der Waals surface area (Å²) < 4.78 is 42.8. The van der Waals surface area contributed by atoms with Crippen molar-refractivity contribution >= 4 is 23.4 Å². The Balaban J connectivity index is 2.11. The van der Waals surface area contributed by atoms with Gasteiger partial charge in [-0.05, 0) is 30.3 Å². The summed E-state index contributed by atoms with van der Waals surface area (Å²) >= 11 is 5.47. The molecule has 0 saturated heterocycles. The van der Waals surface area contributed by atoms with Crippen molar-refractivity contribution in [3.05, 3.63) is 59.1 Å². The molecule has 0 atom stereocenters. The predicted molar refractivity (Wildman–Crippen MR) is 72.5 cm³/mol. The fourth-order valence-electron chi connectivity index (χ4n) is 1.56. The maximum Gasteiger partial charge on any atom is 0.417 e. The quantitative estimate of drug-likeness (QED) is 0.849. The van der Waals surface area contributed by atoms with E-state index in [9.17, 15) is 18.0 Å². The van der Waals surface area contributed by atoms with Gasteiger partial charge in [0.25, 0.3) is 0 Å². The standard InChI is InChI=1S/C14H9ClF3NO2/c15-12-7-6-10(8-11(12)14(16,17)18)21-13(20)19-9-4-2-1-3-5-9/h1-8H,(H,19,20). The minimum absolute atomic E-state index is 0.250. The number of amides is 1. The van der Waals surface area contributed by atoms with Gasteiger partial charge in [-0.1, -0.05) is 29.8 Å². The number of anilines is 1. The summed E-state index contributed by atoms with van der Waals surface area (Å²) in [5.41, 5.74) is -0.596. The third kappa shape index (κ3) is 4.13. The molecular weight excluding hydrogens is 307 g/mol. The summed E-state index contributed by atoms with van der Waals surface area (Å²) in [4.78, 5) is 11.6. The minimum atomic E-state index is -4.62. The average Bonchev–Trinajstić information content (AvgIpc) is 2.41. The number of carbonyl (C=O) groups excluding carboxylic acids is 1. The van der Waals surface area contributed by atoms with Crippen LogP contribution in [0.4, 0.5) is 23.7 Å². The normalized spacial score (nSPS) is 11.0. The number of hydrogen-bond acceptors (Lipinski definition) is 2. The first kappa shape index (κ1) is 15.2. The highest BCUT2D eigenvalue weighted by Crippen LogP contribution is 2.36. The fourth-order valence-corrected chi connectivity index (χ4v) is 1.78. The van der Waals surface area contributed by atoms with Crippen molar-refractivity contribution in [2.75, 3.05) is 5.32 Å². The first-order valence-electron chi connectivity index (χ1n) is 5.77. The predicted octanol–water partition coefficient (Wildman–Crippen LogP) is 4.97. The Bertz CT molecular complexity index is 644. The Morgan fingerprint density at radius 2 is 1.76 bits per heavy atom. The van der Waals surface area contributed by atoms with Crippen LogP contribution < -0.4 is 10.1 Å². The lowest BCUT2D eigenvalue weighted by Gasteiger charge is -2.11. The molecule has 0 aliphatic heterocycles. The van der Waals surface area contributed by atoms with E-state index >= 15 is 0 Å². The van der Waals surface area contributed by atoms with Gasteiger partial charge in [0, 0.05) is 5.69 Å². The minimum Gasteiger partial charge on any atom is -0.410 e. The molecule has 0 aliphatic rings. The number of para-hydroxylation sites is 1. The molecule has 0 unspecified atom stereocenters. The van der Waals surface area contributed by atoms with Crippen molar-refractivity contribution in [1.29, 1.82) is 0 Å². The number of alkyl halides is 3. The summed E-state index contributed by atoms with van der Waals surface area (Å²) in [5.74, 6) is -0.250. The molecule has 0 aromatic heterocycles. The number of nitrogens with one attached hydrogen (secondary N) is 1. The van der Waals surface area contributed by atoms with Crippen LogP contribution in [0.15, 0.2) is 48.5 Å². The van der Waals surface area contributed by atoms with E-state index in [-0.39, 0.29) is 5.75 Å². The monoisotopic (exact) mass is 315 g/mol. The maximum absolute atomic E-state index is 12.7. The molecule has 0 aliphatic carbocycles. The van der Waals surface area contributed by atoms with E-state index in [1.54, 1.807) is 30.3 Å². The smallest absolute Gasteiger partial charge is 0.410 e. The highest BCUT2D eigenvalue weighted by Gasteiger charge is 2.33. The van der Waals surface area contributed by atoms with Crippen molar-refractivity contribution in [2.24, 2.45) is 0 Å². The van der Waals surface area contributed by atoms with Crippen molar-refractivity contribution in [3.8, 4) is 5.75 Å². The Morgan fingerprint density at radius 1 is 1.10 bits per heavy atom. The lowest BCUT2D eigenvalue weighted by Crippen LogP contribution is -2.17. The molecule has 0 spiro atoms. The average molecular weight is 316 g/mol. The summed E-state index contributed by atoms with van der Waals surface area (Å²) in [6.45, 7) is 0. The van der Waals surface area contributed by atoms with Crippen molar-refractivity contribution in [1.82, 2.24) is 0 Å². The topological polar surface area (TPSA) is 38.3 Å². The van der Waals surface area contributed by atoms with E-state index in [0.717, 1.165) is 6.07 Å². The lowest BCUT2D eigenvalue weighted by atomic mass is 10.2. The van der Waals surface area contributed by atoms with Gasteiger partial charge in [0.2, 0.25) is 0 Å². The molecule has 2 aromatic carbocycles. The molecule has 21 heavy (non-hydrogen) atoms. The summed E-state index contributed by atoms with van der Waals surface area (Å²) in [6, 6.07) is 11.3. The van der Waals surface area contributed by atoms with Gasteiger partial charge in [-0.25, -0.2) is 4.79 Å². The molecule has 0 saturated carbocycles. The number of ether oxygens (including phenoxy) is 1. The third-order valence-electron chi connectivity index (χ3n) is 2.47. The van der Waals surface area contributed by atoms with Gasteiger partial charge >= 0.3 is 12.3 Å². The first-order valence-corrected chi connectivity index (χ1v) is 6.14. The second kappa shape index (κ2) is 6.05. The molecular formula is C14H9ClF3NO2. The molecule has 0 fully saturated rings. The van der Waals surface area contributed by atoms with E-state index in [2.05, 4.69) is 5.32 Å². The number of carbonyl (C=O) groups is 1. The number of benzene rings is 2. The van der Waals surface area contributed by atoms with Gasteiger partial charge in [0.15, 0.2) is 0 Å². The molecule has 0 heterocycles. The zero-order valence-corrected chi connectivity index (χ0v) is 11.2. The van der Waals surface area contributed by atoms with Gasteiger partial charge in [-0.15, -0.1) is 0 Å². The fraction of sp³-hybridized carbons (Fsp3) is 0.0714. The van der Waals surface area contributed by atoms with Gasteiger partial charge in [-0.2, -0.15) is 13.2 Å². The van der Waals surface area contributed by atoms with E-state index in [1.807, 2.05) is 0 Å². The molecule has 3 nitrogen and oxygen atoms in total. The van der Waals surface area contributed by atoms with Crippen molar-refractivity contribution in [2.45, 2.75) is 6.18 Å². The molecule has 7 heteroatoms. The van der Waals surface area contributed by atoms with Crippen LogP contribution in [0.5, 0.6) is 5.75 Å². The lowest BCUT2D eigenvalue weighted by molar-refractivity contribution is -0.137. The van der Waals surface area contributed by atoms with E-state index in [4.69, 9.17) is 16.3 Å². The highest BCUT2D eigenvalue weighted by molar-refractivity contribution is 6.31. The van der Waals surface area contributed by atoms with Crippen molar-refractivity contribution in [3.63, 3.8) is 0 Å². The molecule has 1 N–H and O–H groups in total. The second-order valence-corrected chi connectivity index (χ2v) is 4.43. The van der Waals surface area contributed by atoms with Crippen LogP contribution in [0.1, 0.15) is 5.56 Å². The van der Waals surface area contributed by atoms with Gasteiger partial charge in [-0.3, -0.25) is 5.32 Å². The molecule has 0 radical (unpaired) electrons. The Labute approximate surface area is 123 Å². The molecule has 110 valence electrons. The zero-order valence-electron chi connectivity index (χ0n) is 10.4. The van der Waals surface area contributed by atoms with Gasteiger partial charge in [0.1, 0.15) is 5.75 Å². The van der Waals surface area contributed by atoms with Crippen LogP contribution in [0.2, 0.25) is 5.02 Å². The Hall–Kier alpha value is -2.21. The summed E-state index contributed by atoms with van der Waals surface area (Å²) in [6.07, 6.45) is -5.51. The van der Waals surface area contributed by atoms with Crippen molar-refractivity contribution < 1.29 is 22.7 Å². The number of halogens is 4. The van der Waals surface area contributed by atoms with Crippen LogP contribution in [-0.4, -0.2) is 6.09 Å². The molecule has 0 bridgehead atoms. The van der Waals surface area contributed by atoms with Gasteiger partial charge < -0.3 is 4.74 Å². The van der Waals surface area contributed by atoms with Crippen LogP contribution in [0.3, 0.4) is 0 Å². The van der Waals surface area contributed by atoms with Crippen LogP contribution in [-0.2, 0) is 6.18 Å². The molecule has 1 amide bonds. The first-order chi connectivity index (χ1) is 9.86. The van der Waals surface area contributed by atoms with Crippen LogP contribution in [0, 0.1) is 0 Å². The number of hydrogen-bond donors (Lipinski definition) is 1. The summed E-state index contributed by atoms with van der Waals surface area (Å²) in [5, 5.41) is 1.93. The number of rotatable bonds is 2. The largest absolute Gasteiger partial charge is 0.417 e. The molecule has 2 aromatic rings. The second-order valence-electron chi connectivity index (χ2n) is 4.02. The third-order valence-corrected chi connectivity index (χ3v) is 2.80. The summed E-state index contributed by atoms with van der Waals surface area (Å²) in [7, 11) is 0. The Morgan fingerprint density at radius 3 is 2.38 bits per heavy atom. The highest BCUT2D eigenvalue weighted by atomic mass is 35.5. The van der Waals surface area contributed by atoms with Gasteiger partial charge in [0.05, 0.1) is 10.6 Å². The van der Waals surface area contributed by atoms with E-state index in [0.29, 0.717) is 11.8 Å².